The fraction of sp³-hybridized carbons (Fsp3) is 0.400. The Bertz CT molecular complexity index is 1100. The molecule has 0 radical (unpaired) electrons. The zero-order valence-electron chi connectivity index (χ0n) is 20.6. The van der Waals surface area contributed by atoms with E-state index < -0.39 is 0 Å². The van der Waals surface area contributed by atoms with Crippen LogP contribution >= 0.6 is 0 Å². The smallest absolute Gasteiger partial charge is 0.163 e. The summed E-state index contributed by atoms with van der Waals surface area (Å²) in [6.07, 6.45) is 6.02. The summed E-state index contributed by atoms with van der Waals surface area (Å²) in [4.78, 5) is 5.03. The minimum Gasteiger partial charge on any atom is -0.508 e. The summed E-state index contributed by atoms with van der Waals surface area (Å²) in [7, 11) is 1.71. The molecular weight excluding hydrogens is 436 g/mol. The number of methoxy groups -OCH3 is 1. The van der Waals surface area contributed by atoms with Crippen LogP contribution in [0.5, 0.6) is 17.2 Å². The molecule has 2 fully saturated rings. The maximum atomic E-state index is 9.96. The average molecular weight is 473 g/mol. The molecule has 1 heterocycles. The second-order valence-electron chi connectivity index (χ2n) is 9.79. The summed E-state index contributed by atoms with van der Waals surface area (Å²) < 4.78 is 12.0. The standard InChI is InChI=1S/C30H36N2O3/c1-34-29-15-14-25(20-30(29)35-28-12-5-6-13-28)32-17-16-31(21-24-10-7-11-27(33)19-24)26(22-32)18-23-8-3-2-4-9-23/h2-4,7-11,14-15,19-20,26,28,33H,5-6,12-13,16-18,21-22H2,1H3/t26-/m0/s1. The average Bonchev–Trinajstić information content (AvgIpc) is 3.39. The lowest BCUT2D eigenvalue weighted by Gasteiger charge is -2.43. The number of ether oxygens (including phenoxy) is 2. The highest BCUT2D eigenvalue weighted by Crippen LogP contribution is 2.36. The van der Waals surface area contributed by atoms with Crippen molar-refractivity contribution in [2.45, 2.75) is 50.8 Å². The number of hydrogen-bond acceptors (Lipinski definition) is 5. The lowest BCUT2D eigenvalue weighted by molar-refractivity contribution is 0.166. The summed E-state index contributed by atoms with van der Waals surface area (Å²) in [6, 6.07) is 25.1. The van der Waals surface area contributed by atoms with Crippen LogP contribution in [0.1, 0.15) is 36.8 Å². The Morgan fingerprint density at radius 2 is 1.66 bits per heavy atom. The lowest BCUT2D eigenvalue weighted by Crippen LogP contribution is -2.53. The second kappa shape index (κ2) is 11.0. The number of benzene rings is 3. The highest BCUT2D eigenvalue weighted by atomic mass is 16.5. The van der Waals surface area contributed by atoms with Crippen LogP contribution in [0.4, 0.5) is 5.69 Å². The maximum Gasteiger partial charge on any atom is 0.163 e. The van der Waals surface area contributed by atoms with E-state index in [1.165, 1.54) is 24.1 Å². The van der Waals surface area contributed by atoms with Crippen molar-refractivity contribution in [3.05, 3.63) is 83.9 Å². The van der Waals surface area contributed by atoms with E-state index in [4.69, 9.17) is 9.47 Å². The molecule has 2 aliphatic rings. The van der Waals surface area contributed by atoms with Crippen LogP contribution in [-0.2, 0) is 13.0 Å². The predicted octanol–water partition coefficient (Wildman–Crippen LogP) is 5.66. The molecule has 1 saturated carbocycles. The van der Waals surface area contributed by atoms with Crippen LogP contribution in [0.3, 0.4) is 0 Å². The molecule has 0 bridgehead atoms. The van der Waals surface area contributed by atoms with Gasteiger partial charge in [0.25, 0.3) is 0 Å². The Kier molecular flexibility index (Phi) is 7.43. The largest absolute Gasteiger partial charge is 0.508 e. The molecule has 5 rings (SSSR count). The van der Waals surface area contributed by atoms with Crippen molar-refractivity contribution >= 4 is 5.69 Å². The van der Waals surface area contributed by atoms with Gasteiger partial charge >= 0.3 is 0 Å². The van der Waals surface area contributed by atoms with E-state index in [1.807, 2.05) is 18.2 Å². The molecule has 5 heteroatoms. The van der Waals surface area contributed by atoms with E-state index in [0.717, 1.165) is 62.5 Å². The first-order valence-electron chi connectivity index (χ1n) is 12.8. The summed E-state index contributed by atoms with van der Waals surface area (Å²) in [5.41, 5.74) is 3.68. The topological polar surface area (TPSA) is 45.2 Å². The predicted molar refractivity (Wildman–Crippen MR) is 141 cm³/mol. The number of phenols is 1. The van der Waals surface area contributed by atoms with Crippen LogP contribution in [0.15, 0.2) is 72.8 Å². The number of hydrogen-bond donors (Lipinski definition) is 1. The highest BCUT2D eigenvalue weighted by molar-refractivity contribution is 5.57. The zero-order valence-corrected chi connectivity index (χ0v) is 20.6. The monoisotopic (exact) mass is 472 g/mol. The fourth-order valence-electron chi connectivity index (χ4n) is 5.44. The molecule has 1 atom stereocenters. The van der Waals surface area contributed by atoms with Crippen molar-refractivity contribution in [1.82, 2.24) is 4.90 Å². The van der Waals surface area contributed by atoms with Crippen molar-refractivity contribution < 1.29 is 14.6 Å². The van der Waals surface area contributed by atoms with Gasteiger partial charge in [-0.05, 0) is 67.5 Å². The minimum atomic E-state index is 0.295. The van der Waals surface area contributed by atoms with Gasteiger partial charge in [-0.25, -0.2) is 0 Å². The van der Waals surface area contributed by atoms with E-state index in [9.17, 15) is 5.11 Å². The molecule has 5 nitrogen and oxygen atoms in total. The van der Waals surface area contributed by atoms with Gasteiger partial charge in [-0.3, -0.25) is 4.90 Å². The number of phenolic OH excluding ortho intramolecular Hbond substituents is 1. The second-order valence-corrected chi connectivity index (χ2v) is 9.79. The SMILES string of the molecule is COc1ccc(N2CCN(Cc3cccc(O)c3)[C@@H](Cc3ccccc3)C2)cc1OC1CCCC1. The summed E-state index contributed by atoms with van der Waals surface area (Å²) in [6.45, 7) is 3.67. The highest BCUT2D eigenvalue weighted by Gasteiger charge is 2.28. The van der Waals surface area contributed by atoms with Crippen molar-refractivity contribution in [1.29, 1.82) is 0 Å². The Morgan fingerprint density at radius 1 is 0.857 bits per heavy atom. The van der Waals surface area contributed by atoms with Gasteiger partial charge in [0.15, 0.2) is 11.5 Å². The van der Waals surface area contributed by atoms with E-state index in [0.29, 0.717) is 17.9 Å². The van der Waals surface area contributed by atoms with Crippen molar-refractivity contribution in [2.24, 2.45) is 0 Å². The van der Waals surface area contributed by atoms with E-state index >= 15 is 0 Å². The third kappa shape index (κ3) is 5.91. The third-order valence-corrected chi connectivity index (χ3v) is 7.32. The molecule has 0 aromatic heterocycles. The summed E-state index contributed by atoms with van der Waals surface area (Å²) in [5.74, 6) is 2.00. The Hall–Kier alpha value is -3.18. The first-order valence-corrected chi connectivity index (χ1v) is 12.8. The Morgan fingerprint density at radius 3 is 2.43 bits per heavy atom. The van der Waals surface area contributed by atoms with Crippen molar-refractivity contribution in [2.75, 3.05) is 31.6 Å². The van der Waals surface area contributed by atoms with E-state index in [1.54, 1.807) is 13.2 Å². The molecule has 3 aromatic carbocycles. The first-order chi connectivity index (χ1) is 17.2. The molecule has 35 heavy (non-hydrogen) atoms. The molecule has 0 unspecified atom stereocenters. The summed E-state index contributed by atoms with van der Waals surface area (Å²) in [5, 5.41) is 9.96. The van der Waals surface area contributed by atoms with Crippen LogP contribution in [0.25, 0.3) is 0 Å². The van der Waals surface area contributed by atoms with Gasteiger partial charge in [-0.2, -0.15) is 0 Å². The van der Waals surface area contributed by atoms with Gasteiger partial charge in [0.05, 0.1) is 13.2 Å². The molecule has 0 amide bonds. The molecule has 1 aliphatic carbocycles. The van der Waals surface area contributed by atoms with Gasteiger partial charge in [0, 0.05) is 44.0 Å². The molecule has 0 spiro atoms. The molecule has 1 saturated heterocycles. The third-order valence-electron chi connectivity index (χ3n) is 7.32. The fourth-order valence-corrected chi connectivity index (χ4v) is 5.44. The van der Waals surface area contributed by atoms with Crippen LogP contribution in [-0.4, -0.2) is 48.9 Å². The van der Waals surface area contributed by atoms with Gasteiger partial charge in [0.1, 0.15) is 5.75 Å². The van der Waals surface area contributed by atoms with Gasteiger partial charge in [-0.1, -0.05) is 42.5 Å². The number of piperazine rings is 1. The molecule has 3 aromatic rings. The molecule has 184 valence electrons. The Balaban J connectivity index is 1.36. The lowest BCUT2D eigenvalue weighted by atomic mass is 10.0. The molecule has 1 aliphatic heterocycles. The maximum absolute atomic E-state index is 9.96. The van der Waals surface area contributed by atoms with Gasteiger partial charge in [0.2, 0.25) is 0 Å². The molecule has 1 N–H and O–H groups in total. The van der Waals surface area contributed by atoms with Crippen LogP contribution in [0, 0.1) is 0 Å². The number of aromatic hydroxyl groups is 1. The number of nitrogens with zero attached hydrogens (tertiary/aromatic N) is 2. The van der Waals surface area contributed by atoms with Gasteiger partial charge < -0.3 is 19.5 Å². The van der Waals surface area contributed by atoms with Crippen LogP contribution in [0.2, 0.25) is 0 Å². The van der Waals surface area contributed by atoms with E-state index in [-0.39, 0.29) is 0 Å². The zero-order chi connectivity index (χ0) is 24.0. The number of rotatable bonds is 8. The first kappa shape index (κ1) is 23.6. The van der Waals surface area contributed by atoms with E-state index in [2.05, 4.69) is 58.3 Å². The minimum absolute atomic E-state index is 0.295. The van der Waals surface area contributed by atoms with Crippen molar-refractivity contribution in [3.63, 3.8) is 0 Å². The van der Waals surface area contributed by atoms with Crippen LogP contribution < -0.4 is 14.4 Å². The summed E-state index contributed by atoms with van der Waals surface area (Å²) >= 11 is 0. The molecular formula is C30H36N2O3. The number of anilines is 1. The normalized spacial score (nSPS) is 19.1. The Labute approximate surface area is 208 Å². The van der Waals surface area contributed by atoms with Gasteiger partial charge in [-0.15, -0.1) is 0 Å². The quantitative estimate of drug-likeness (QED) is 0.459. The van der Waals surface area contributed by atoms with Crippen molar-refractivity contribution in [3.8, 4) is 17.2 Å².